The molecule has 208 valence electrons. The van der Waals surface area contributed by atoms with Gasteiger partial charge < -0.3 is 29.1 Å². The molecule has 1 aromatic carbocycles. The van der Waals surface area contributed by atoms with Gasteiger partial charge in [-0.25, -0.2) is 9.97 Å². The fourth-order valence-corrected chi connectivity index (χ4v) is 5.77. The van der Waals surface area contributed by atoms with Crippen molar-refractivity contribution >= 4 is 23.6 Å². The predicted octanol–water partition coefficient (Wildman–Crippen LogP) is 3.14. The van der Waals surface area contributed by atoms with Crippen LogP contribution >= 0.6 is 0 Å². The Balaban J connectivity index is 1.61. The minimum atomic E-state index is 0.0272. The third kappa shape index (κ3) is 5.49. The summed E-state index contributed by atoms with van der Waals surface area (Å²) in [6.45, 7) is 6.77. The molecule has 0 bridgehead atoms. The topological polar surface area (TPSA) is 82.9 Å². The second-order valence-electron chi connectivity index (χ2n) is 10.7. The number of nitrogens with zero attached hydrogens (tertiary/aromatic N) is 8. The number of carbonyl (C=O) groups excluding carboxylic acids is 1. The van der Waals surface area contributed by atoms with Crippen LogP contribution in [0, 0.1) is 5.92 Å². The molecule has 1 saturated heterocycles. The van der Waals surface area contributed by atoms with Gasteiger partial charge in [-0.3, -0.25) is 4.68 Å². The van der Waals surface area contributed by atoms with Crippen LogP contribution in [0.15, 0.2) is 36.5 Å². The minimum Gasteiger partial charge on any atom is -0.378 e. The van der Waals surface area contributed by atoms with Crippen LogP contribution in [-0.4, -0.2) is 97.6 Å². The molecule has 2 atom stereocenters. The Morgan fingerprint density at radius 3 is 2.51 bits per heavy atom. The number of ether oxygens (including phenoxy) is 1. The van der Waals surface area contributed by atoms with Crippen LogP contribution in [0.3, 0.4) is 0 Å². The molecule has 3 aromatic rings. The number of benzene rings is 1. The molecule has 10 heteroatoms. The maximum atomic E-state index is 11.8. The maximum absolute atomic E-state index is 11.8. The van der Waals surface area contributed by atoms with Crippen LogP contribution in [0.25, 0.3) is 22.6 Å². The van der Waals surface area contributed by atoms with Crippen LogP contribution in [0.5, 0.6) is 0 Å². The van der Waals surface area contributed by atoms with Gasteiger partial charge in [0.1, 0.15) is 18.1 Å². The van der Waals surface area contributed by atoms with E-state index in [1.807, 2.05) is 30.1 Å². The van der Waals surface area contributed by atoms with Crippen molar-refractivity contribution in [3.05, 3.63) is 36.5 Å². The molecule has 0 saturated carbocycles. The van der Waals surface area contributed by atoms with Gasteiger partial charge in [0.15, 0.2) is 17.5 Å². The van der Waals surface area contributed by atoms with Crippen LogP contribution in [0.2, 0.25) is 0 Å². The first-order valence-corrected chi connectivity index (χ1v) is 13.8. The smallest absolute Gasteiger partial charge is 0.164 e. The fraction of sp³-hybridized carbons (Fsp3) is 0.517. The van der Waals surface area contributed by atoms with Gasteiger partial charge in [0.2, 0.25) is 0 Å². The Hall–Kier alpha value is -3.50. The molecule has 2 aliphatic heterocycles. The highest BCUT2D eigenvalue weighted by atomic mass is 16.5. The van der Waals surface area contributed by atoms with Crippen molar-refractivity contribution in [2.75, 3.05) is 75.2 Å². The van der Waals surface area contributed by atoms with Gasteiger partial charge in [0.05, 0.1) is 18.9 Å². The summed E-state index contributed by atoms with van der Waals surface area (Å²) in [6, 6.07) is 10.3. The van der Waals surface area contributed by atoms with Crippen molar-refractivity contribution in [2.24, 2.45) is 13.0 Å². The average molecular weight is 533 g/mol. The van der Waals surface area contributed by atoms with E-state index in [9.17, 15) is 4.79 Å². The normalized spacial score (nSPS) is 18.1. The largest absolute Gasteiger partial charge is 0.378 e. The Labute approximate surface area is 231 Å². The molecule has 5 rings (SSSR count). The second-order valence-corrected chi connectivity index (χ2v) is 10.7. The van der Waals surface area contributed by atoms with E-state index >= 15 is 0 Å². The summed E-state index contributed by atoms with van der Waals surface area (Å²) < 4.78 is 7.49. The summed E-state index contributed by atoms with van der Waals surface area (Å²) in [7, 11) is 8.21. The standard InChI is InChI=1S/C29H40N8O2/c1-6-37-28-25(35(5)29(37)21(12-17-38)10-13-33(2)3)27(36-15-18-39-19-16-36)30-26(31-28)23-9-7-8-22(20-23)24-11-14-34(4)32-24/h7-9,11,14,17,20-21,29H,6,10,12-13,15-16,18-19H2,1-5H3. The number of aryl methyl sites for hydroxylation is 1. The van der Waals surface area contributed by atoms with Crippen LogP contribution in [0.1, 0.15) is 19.8 Å². The quantitative estimate of drug-likeness (QED) is 0.366. The molecule has 0 radical (unpaired) electrons. The number of fused-ring (bicyclic) bond motifs is 1. The van der Waals surface area contributed by atoms with E-state index in [1.54, 1.807) is 0 Å². The van der Waals surface area contributed by atoms with Crippen LogP contribution < -0.4 is 14.7 Å². The molecule has 2 aromatic heterocycles. The third-order valence-electron chi connectivity index (χ3n) is 7.74. The second kappa shape index (κ2) is 11.7. The molecule has 0 N–H and O–H groups in total. The van der Waals surface area contributed by atoms with Gasteiger partial charge in [-0.2, -0.15) is 5.10 Å². The first-order valence-electron chi connectivity index (χ1n) is 13.8. The lowest BCUT2D eigenvalue weighted by Crippen LogP contribution is -2.48. The van der Waals surface area contributed by atoms with Crippen LogP contribution in [-0.2, 0) is 16.6 Å². The zero-order valence-electron chi connectivity index (χ0n) is 23.7. The zero-order chi connectivity index (χ0) is 27.5. The SMILES string of the molecule is CCN1c2nc(-c3cccc(-c4ccn(C)n4)c3)nc(N3CCOCC3)c2N(C)C1C(CC=O)CCN(C)C. The molecule has 0 spiro atoms. The Kier molecular flexibility index (Phi) is 8.13. The van der Waals surface area contributed by atoms with Gasteiger partial charge in [0, 0.05) is 63.4 Å². The van der Waals surface area contributed by atoms with Crippen molar-refractivity contribution in [3.63, 3.8) is 0 Å². The van der Waals surface area contributed by atoms with E-state index in [1.165, 1.54) is 0 Å². The summed E-state index contributed by atoms with van der Waals surface area (Å²) in [5.41, 5.74) is 3.94. The summed E-state index contributed by atoms with van der Waals surface area (Å²) in [4.78, 5) is 31.4. The predicted molar refractivity (Wildman–Crippen MR) is 155 cm³/mol. The van der Waals surface area contributed by atoms with Crippen molar-refractivity contribution in [1.82, 2.24) is 24.6 Å². The van der Waals surface area contributed by atoms with E-state index in [0.29, 0.717) is 25.5 Å². The highest BCUT2D eigenvalue weighted by molar-refractivity contribution is 5.86. The van der Waals surface area contributed by atoms with Crippen molar-refractivity contribution in [1.29, 1.82) is 0 Å². The van der Waals surface area contributed by atoms with E-state index < -0.39 is 0 Å². The first-order chi connectivity index (χ1) is 18.9. The molecule has 0 aliphatic carbocycles. The van der Waals surface area contributed by atoms with Crippen molar-refractivity contribution in [3.8, 4) is 22.6 Å². The highest BCUT2D eigenvalue weighted by Gasteiger charge is 2.42. The van der Waals surface area contributed by atoms with Crippen molar-refractivity contribution in [2.45, 2.75) is 25.9 Å². The maximum Gasteiger partial charge on any atom is 0.164 e. The molecule has 10 nitrogen and oxygen atoms in total. The lowest BCUT2D eigenvalue weighted by Gasteiger charge is -2.36. The van der Waals surface area contributed by atoms with Gasteiger partial charge in [-0.05, 0) is 46.1 Å². The third-order valence-corrected chi connectivity index (χ3v) is 7.74. The fourth-order valence-electron chi connectivity index (χ4n) is 5.77. The highest BCUT2D eigenvalue weighted by Crippen LogP contribution is 2.47. The van der Waals surface area contributed by atoms with Crippen LogP contribution in [0.4, 0.5) is 17.3 Å². The summed E-state index contributed by atoms with van der Waals surface area (Å²) in [6.07, 6.45) is 4.47. The lowest BCUT2D eigenvalue weighted by atomic mass is 9.96. The number of hydrogen-bond donors (Lipinski definition) is 0. The van der Waals surface area contributed by atoms with E-state index in [4.69, 9.17) is 14.7 Å². The number of hydrogen-bond acceptors (Lipinski definition) is 9. The Bertz CT molecular complexity index is 1290. The van der Waals surface area contributed by atoms with Crippen molar-refractivity contribution < 1.29 is 9.53 Å². The number of anilines is 3. The van der Waals surface area contributed by atoms with E-state index in [0.717, 1.165) is 73.0 Å². The number of aldehydes is 1. The number of morpholine rings is 1. The monoisotopic (exact) mass is 532 g/mol. The zero-order valence-corrected chi connectivity index (χ0v) is 23.7. The molecule has 2 unspecified atom stereocenters. The Morgan fingerprint density at radius 1 is 1.10 bits per heavy atom. The molecular formula is C29H40N8O2. The minimum absolute atomic E-state index is 0.0272. The number of aromatic nitrogens is 4. The molecule has 4 heterocycles. The van der Waals surface area contributed by atoms with Gasteiger partial charge in [-0.1, -0.05) is 18.2 Å². The van der Waals surface area contributed by atoms with E-state index in [-0.39, 0.29) is 12.1 Å². The summed E-state index contributed by atoms with van der Waals surface area (Å²) >= 11 is 0. The molecule has 1 fully saturated rings. The number of carbonyl (C=O) groups is 1. The number of rotatable bonds is 10. The summed E-state index contributed by atoms with van der Waals surface area (Å²) in [5.74, 6) is 2.72. The summed E-state index contributed by atoms with van der Waals surface area (Å²) in [5, 5.41) is 4.58. The van der Waals surface area contributed by atoms with Gasteiger partial charge in [0.25, 0.3) is 0 Å². The first kappa shape index (κ1) is 27.1. The Morgan fingerprint density at radius 2 is 1.85 bits per heavy atom. The molecule has 39 heavy (non-hydrogen) atoms. The molecule has 2 aliphatic rings. The molecular weight excluding hydrogens is 492 g/mol. The van der Waals surface area contributed by atoms with Gasteiger partial charge in [-0.15, -0.1) is 0 Å². The van der Waals surface area contributed by atoms with Gasteiger partial charge >= 0.3 is 0 Å². The molecule has 0 amide bonds. The average Bonchev–Trinajstić information content (AvgIpc) is 3.51. The van der Waals surface area contributed by atoms with E-state index in [2.05, 4.69) is 71.0 Å². The lowest BCUT2D eigenvalue weighted by molar-refractivity contribution is -0.108.